The third kappa shape index (κ3) is 4.99. The quantitative estimate of drug-likeness (QED) is 0.451. The zero-order chi connectivity index (χ0) is 17.5. The molecule has 0 amide bonds. The molecule has 0 atom stereocenters. The maximum Gasteiger partial charge on any atom is 0.184 e. The van der Waals surface area contributed by atoms with Crippen molar-refractivity contribution < 1.29 is 9.47 Å². The lowest BCUT2D eigenvalue weighted by Gasteiger charge is -2.14. The van der Waals surface area contributed by atoms with E-state index in [1.165, 1.54) is 13.3 Å². The highest BCUT2D eigenvalue weighted by atomic mass is 35.5. The van der Waals surface area contributed by atoms with Gasteiger partial charge in [-0.2, -0.15) is 5.10 Å². The number of hydrogen-bond donors (Lipinski definition) is 2. The Morgan fingerprint density at radius 1 is 1.29 bits per heavy atom. The van der Waals surface area contributed by atoms with Gasteiger partial charge in [0.15, 0.2) is 16.6 Å². The summed E-state index contributed by atoms with van der Waals surface area (Å²) < 4.78 is 11.1. The molecule has 2 aromatic carbocycles. The molecule has 24 heavy (non-hydrogen) atoms. The number of halogens is 2. The van der Waals surface area contributed by atoms with Gasteiger partial charge in [-0.05, 0) is 36.0 Å². The number of nitrogens with one attached hydrogen (secondary N) is 1. The molecule has 0 bridgehead atoms. The monoisotopic (exact) mass is 383 g/mol. The van der Waals surface area contributed by atoms with Crippen LogP contribution < -0.4 is 20.6 Å². The van der Waals surface area contributed by atoms with Crippen LogP contribution in [-0.4, -0.2) is 18.4 Å². The van der Waals surface area contributed by atoms with E-state index in [4.69, 9.17) is 38.4 Å². The average molecular weight is 384 g/mol. The SMILES string of the molecule is COc1cc(C=NNC(N)=S)cc(Cl)c1OCc1ccccc1Cl. The second-order valence-corrected chi connectivity index (χ2v) is 5.90. The number of rotatable bonds is 6. The highest BCUT2D eigenvalue weighted by Gasteiger charge is 2.12. The first-order chi connectivity index (χ1) is 11.5. The van der Waals surface area contributed by atoms with Crippen molar-refractivity contribution in [1.82, 2.24) is 5.43 Å². The fourth-order valence-electron chi connectivity index (χ4n) is 1.89. The van der Waals surface area contributed by atoms with Crippen molar-refractivity contribution >= 4 is 46.7 Å². The lowest BCUT2D eigenvalue weighted by atomic mass is 10.2. The number of hydrogen-bond acceptors (Lipinski definition) is 4. The van der Waals surface area contributed by atoms with Crippen molar-refractivity contribution in [3.8, 4) is 11.5 Å². The van der Waals surface area contributed by atoms with Gasteiger partial charge in [-0.1, -0.05) is 41.4 Å². The molecular formula is C16H15Cl2N3O2S. The summed E-state index contributed by atoms with van der Waals surface area (Å²) in [5.41, 5.74) is 9.32. The molecule has 0 unspecified atom stereocenters. The van der Waals surface area contributed by atoms with E-state index in [1.54, 1.807) is 18.2 Å². The van der Waals surface area contributed by atoms with E-state index in [0.29, 0.717) is 27.1 Å². The third-order valence-corrected chi connectivity index (χ3v) is 3.71. The van der Waals surface area contributed by atoms with Crippen LogP contribution in [0.4, 0.5) is 0 Å². The molecule has 0 spiro atoms. The molecular weight excluding hydrogens is 369 g/mol. The van der Waals surface area contributed by atoms with E-state index in [-0.39, 0.29) is 11.7 Å². The minimum atomic E-state index is 0.0732. The third-order valence-electron chi connectivity index (χ3n) is 2.97. The van der Waals surface area contributed by atoms with Crippen LogP contribution in [0.25, 0.3) is 0 Å². The first-order valence-electron chi connectivity index (χ1n) is 6.83. The molecule has 2 rings (SSSR count). The molecule has 0 radical (unpaired) electrons. The zero-order valence-electron chi connectivity index (χ0n) is 12.8. The molecule has 0 fully saturated rings. The Labute approximate surface area is 155 Å². The van der Waals surface area contributed by atoms with Gasteiger partial charge < -0.3 is 15.2 Å². The van der Waals surface area contributed by atoms with Crippen LogP contribution in [0.5, 0.6) is 11.5 Å². The Morgan fingerprint density at radius 2 is 2.04 bits per heavy atom. The molecule has 0 aromatic heterocycles. The fraction of sp³-hybridized carbons (Fsp3) is 0.125. The number of benzene rings is 2. The van der Waals surface area contributed by atoms with Gasteiger partial charge in [-0.25, -0.2) is 0 Å². The standard InChI is InChI=1S/C16H15Cl2N3O2S/c1-22-14-7-10(8-20-21-16(19)24)6-13(18)15(14)23-9-11-4-2-3-5-12(11)17/h2-8H,9H2,1H3,(H3,19,21,24). The van der Waals surface area contributed by atoms with Crippen molar-refractivity contribution in [3.05, 3.63) is 57.6 Å². The number of ether oxygens (including phenoxy) is 2. The molecule has 2 aromatic rings. The van der Waals surface area contributed by atoms with Crippen LogP contribution in [0, 0.1) is 0 Å². The van der Waals surface area contributed by atoms with Gasteiger partial charge in [-0.15, -0.1) is 0 Å². The summed E-state index contributed by atoms with van der Waals surface area (Å²) in [6.45, 7) is 0.270. The molecule has 0 saturated heterocycles. The van der Waals surface area contributed by atoms with E-state index in [0.717, 1.165) is 5.56 Å². The second kappa shape index (κ2) is 8.73. The number of methoxy groups -OCH3 is 1. The summed E-state index contributed by atoms with van der Waals surface area (Å²) in [5, 5.41) is 4.96. The Morgan fingerprint density at radius 3 is 2.71 bits per heavy atom. The topological polar surface area (TPSA) is 68.9 Å². The van der Waals surface area contributed by atoms with Crippen molar-refractivity contribution in [2.75, 3.05) is 7.11 Å². The zero-order valence-corrected chi connectivity index (χ0v) is 15.1. The van der Waals surface area contributed by atoms with Gasteiger partial charge in [0.05, 0.1) is 18.3 Å². The van der Waals surface area contributed by atoms with E-state index in [9.17, 15) is 0 Å². The average Bonchev–Trinajstić information content (AvgIpc) is 2.54. The first kappa shape index (κ1) is 18.3. The minimum absolute atomic E-state index is 0.0732. The summed E-state index contributed by atoms with van der Waals surface area (Å²) in [6, 6.07) is 10.8. The number of thiocarbonyl (C=S) groups is 1. The molecule has 126 valence electrons. The van der Waals surface area contributed by atoms with Gasteiger partial charge in [0.2, 0.25) is 0 Å². The Balaban J connectivity index is 2.19. The maximum absolute atomic E-state index is 6.29. The molecule has 3 N–H and O–H groups in total. The largest absolute Gasteiger partial charge is 0.493 e. The number of nitrogens with two attached hydrogens (primary N) is 1. The number of hydrazone groups is 1. The summed E-state index contributed by atoms with van der Waals surface area (Å²) in [5.74, 6) is 0.907. The van der Waals surface area contributed by atoms with Gasteiger partial charge in [0.1, 0.15) is 6.61 Å². The van der Waals surface area contributed by atoms with Gasteiger partial charge in [0.25, 0.3) is 0 Å². The lowest BCUT2D eigenvalue weighted by molar-refractivity contribution is 0.285. The molecule has 8 heteroatoms. The summed E-state index contributed by atoms with van der Waals surface area (Å²) in [6.07, 6.45) is 1.52. The predicted octanol–water partition coefficient (Wildman–Crippen LogP) is 3.75. The van der Waals surface area contributed by atoms with Gasteiger partial charge >= 0.3 is 0 Å². The Kier molecular flexibility index (Phi) is 6.66. The smallest absolute Gasteiger partial charge is 0.184 e. The first-order valence-corrected chi connectivity index (χ1v) is 8.00. The van der Waals surface area contributed by atoms with Gasteiger partial charge in [-0.3, -0.25) is 5.43 Å². The highest BCUT2D eigenvalue weighted by molar-refractivity contribution is 7.80. The summed E-state index contributed by atoms with van der Waals surface area (Å²) in [7, 11) is 1.53. The van der Waals surface area contributed by atoms with E-state index < -0.39 is 0 Å². The van der Waals surface area contributed by atoms with Crippen LogP contribution in [0.3, 0.4) is 0 Å². The van der Waals surface area contributed by atoms with Crippen molar-refractivity contribution in [2.24, 2.45) is 10.8 Å². The number of nitrogens with zero attached hydrogens (tertiary/aromatic N) is 1. The molecule has 0 aliphatic heterocycles. The van der Waals surface area contributed by atoms with Crippen molar-refractivity contribution in [3.63, 3.8) is 0 Å². The lowest BCUT2D eigenvalue weighted by Crippen LogP contribution is -2.23. The van der Waals surface area contributed by atoms with E-state index in [1.807, 2.05) is 18.2 Å². The van der Waals surface area contributed by atoms with Crippen LogP contribution in [0.2, 0.25) is 10.0 Å². The van der Waals surface area contributed by atoms with Crippen LogP contribution >= 0.6 is 35.4 Å². The fourth-order valence-corrected chi connectivity index (χ4v) is 2.41. The Hall–Kier alpha value is -2.02. The van der Waals surface area contributed by atoms with Crippen molar-refractivity contribution in [2.45, 2.75) is 6.61 Å². The second-order valence-electron chi connectivity index (χ2n) is 4.65. The molecule has 0 saturated carbocycles. The minimum Gasteiger partial charge on any atom is -0.493 e. The predicted molar refractivity (Wildman–Crippen MR) is 101 cm³/mol. The van der Waals surface area contributed by atoms with Gasteiger partial charge in [0, 0.05) is 10.6 Å². The maximum atomic E-state index is 6.29. The molecule has 5 nitrogen and oxygen atoms in total. The summed E-state index contributed by atoms with van der Waals surface area (Å²) in [4.78, 5) is 0. The molecule has 0 aliphatic rings. The Bertz CT molecular complexity index is 769. The normalized spacial score (nSPS) is 10.6. The van der Waals surface area contributed by atoms with Crippen LogP contribution in [-0.2, 0) is 6.61 Å². The van der Waals surface area contributed by atoms with E-state index in [2.05, 4.69) is 22.7 Å². The van der Waals surface area contributed by atoms with Crippen LogP contribution in [0.15, 0.2) is 41.5 Å². The van der Waals surface area contributed by atoms with Crippen molar-refractivity contribution in [1.29, 1.82) is 0 Å². The van der Waals surface area contributed by atoms with E-state index >= 15 is 0 Å². The molecule has 0 aliphatic carbocycles. The van der Waals surface area contributed by atoms with Crippen LogP contribution in [0.1, 0.15) is 11.1 Å². The molecule has 0 heterocycles. The summed E-state index contributed by atoms with van der Waals surface area (Å²) >= 11 is 17.1. The highest BCUT2D eigenvalue weighted by Crippen LogP contribution is 2.36.